The lowest BCUT2D eigenvalue weighted by Crippen LogP contribution is -2.52. The monoisotopic (exact) mass is 557 g/mol. The van der Waals surface area contributed by atoms with Crippen LogP contribution in [0.5, 0.6) is 11.5 Å². The molecule has 0 radical (unpaired) electrons. The predicted molar refractivity (Wildman–Crippen MR) is 144 cm³/mol. The second-order valence-electron chi connectivity index (χ2n) is 8.66. The fourth-order valence-electron chi connectivity index (χ4n) is 4.04. The molecule has 3 aromatic carbocycles. The van der Waals surface area contributed by atoms with Crippen molar-refractivity contribution < 1.29 is 27.5 Å². The molecule has 1 atom stereocenters. The smallest absolute Gasteiger partial charge is 0.262 e. The molecule has 1 aliphatic heterocycles. The Kier molecular flexibility index (Phi) is 8.55. The molecule has 0 bridgehead atoms. The summed E-state index contributed by atoms with van der Waals surface area (Å²) >= 11 is 6.11. The Hall–Kier alpha value is -3.60. The SMILES string of the molecule is COc1ccc(S(=O)(=O)N(C)CC(=O)N2CC(C(=O)NCCc3ccccc3)Oc3ccccc32)cc1Cl. The number of ether oxygens (including phenoxy) is 2. The first-order valence-electron chi connectivity index (χ1n) is 11.9. The van der Waals surface area contributed by atoms with Gasteiger partial charge in [0.2, 0.25) is 15.9 Å². The largest absolute Gasteiger partial charge is 0.495 e. The first kappa shape index (κ1) is 27.4. The van der Waals surface area contributed by atoms with Crippen molar-refractivity contribution in [3.63, 3.8) is 0 Å². The van der Waals surface area contributed by atoms with Crippen LogP contribution in [-0.4, -0.2) is 64.4 Å². The topological polar surface area (TPSA) is 105 Å². The van der Waals surface area contributed by atoms with Gasteiger partial charge in [0.25, 0.3) is 5.91 Å². The summed E-state index contributed by atoms with van der Waals surface area (Å²) in [6, 6.07) is 20.7. The number of carbonyl (C=O) groups is 2. The van der Waals surface area contributed by atoms with E-state index in [1.807, 2.05) is 30.3 Å². The quantitative estimate of drug-likeness (QED) is 0.433. The van der Waals surface area contributed by atoms with Gasteiger partial charge < -0.3 is 19.7 Å². The molecule has 1 N–H and O–H groups in total. The van der Waals surface area contributed by atoms with Gasteiger partial charge in [-0.15, -0.1) is 0 Å². The number of para-hydroxylation sites is 2. The van der Waals surface area contributed by atoms with Crippen LogP contribution in [0.3, 0.4) is 0 Å². The number of halogens is 1. The van der Waals surface area contributed by atoms with E-state index in [0.717, 1.165) is 9.87 Å². The predicted octanol–water partition coefficient (Wildman–Crippen LogP) is 3.12. The molecule has 200 valence electrons. The summed E-state index contributed by atoms with van der Waals surface area (Å²) in [5.74, 6) is -0.166. The number of hydrogen-bond acceptors (Lipinski definition) is 6. The summed E-state index contributed by atoms with van der Waals surface area (Å²) in [4.78, 5) is 27.6. The van der Waals surface area contributed by atoms with Crippen molar-refractivity contribution in [2.24, 2.45) is 0 Å². The molecule has 0 aliphatic carbocycles. The average molecular weight is 558 g/mol. The standard InChI is InChI=1S/C27H28ClN3O6S/c1-30(38(34,35)20-12-13-23(36-2)21(28)16-20)18-26(32)31-17-25(37-24-11-7-6-10-22(24)31)27(33)29-15-14-19-8-4-3-5-9-19/h3-13,16,25H,14-15,17-18H2,1-2H3,(H,29,33). The minimum atomic E-state index is -4.03. The van der Waals surface area contributed by atoms with Crippen LogP contribution in [0.4, 0.5) is 5.69 Å². The molecular formula is C27H28ClN3O6S. The van der Waals surface area contributed by atoms with Crippen LogP contribution in [0.15, 0.2) is 77.7 Å². The maximum absolute atomic E-state index is 13.4. The third kappa shape index (κ3) is 6.09. The van der Waals surface area contributed by atoms with E-state index in [0.29, 0.717) is 30.2 Å². The second kappa shape index (κ2) is 11.8. The molecule has 1 heterocycles. The highest BCUT2D eigenvalue weighted by molar-refractivity contribution is 7.89. The van der Waals surface area contributed by atoms with Gasteiger partial charge in [-0.2, -0.15) is 4.31 Å². The number of amides is 2. The van der Waals surface area contributed by atoms with Gasteiger partial charge in [-0.1, -0.05) is 54.1 Å². The highest BCUT2D eigenvalue weighted by atomic mass is 35.5. The van der Waals surface area contributed by atoms with Crippen molar-refractivity contribution in [2.75, 3.05) is 38.7 Å². The Morgan fingerprint density at radius 3 is 2.53 bits per heavy atom. The molecule has 0 saturated heterocycles. The normalized spacial score (nSPS) is 14.9. The van der Waals surface area contributed by atoms with Crippen LogP contribution in [0.25, 0.3) is 0 Å². The van der Waals surface area contributed by atoms with Crippen LogP contribution in [0.2, 0.25) is 5.02 Å². The van der Waals surface area contributed by atoms with Gasteiger partial charge in [-0.3, -0.25) is 9.59 Å². The molecule has 11 heteroatoms. The summed E-state index contributed by atoms with van der Waals surface area (Å²) in [6.45, 7) is -0.109. The summed E-state index contributed by atoms with van der Waals surface area (Å²) in [7, 11) is -1.29. The lowest BCUT2D eigenvalue weighted by atomic mass is 10.1. The highest BCUT2D eigenvalue weighted by Crippen LogP contribution is 2.34. The van der Waals surface area contributed by atoms with Crippen molar-refractivity contribution in [3.05, 3.63) is 83.4 Å². The van der Waals surface area contributed by atoms with E-state index in [-0.39, 0.29) is 22.4 Å². The van der Waals surface area contributed by atoms with Crippen LogP contribution < -0.4 is 19.7 Å². The molecule has 3 aromatic rings. The van der Waals surface area contributed by atoms with Gasteiger partial charge in [0.15, 0.2) is 6.10 Å². The van der Waals surface area contributed by atoms with Crippen molar-refractivity contribution in [1.82, 2.24) is 9.62 Å². The number of rotatable bonds is 9. The van der Waals surface area contributed by atoms with Gasteiger partial charge >= 0.3 is 0 Å². The zero-order chi connectivity index (χ0) is 27.3. The zero-order valence-electron chi connectivity index (χ0n) is 21.0. The number of likely N-dealkylation sites (N-methyl/N-ethyl adjacent to an activating group) is 1. The Morgan fingerprint density at radius 2 is 1.82 bits per heavy atom. The first-order chi connectivity index (χ1) is 18.2. The summed E-state index contributed by atoms with van der Waals surface area (Å²) in [6.07, 6.45) is -0.303. The van der Waals surface area contributed by atoms with E-state index in [4.69, 9.17) is 21.1 Å². The van der Waals surface area contributed by atoms with E-state index in [2.05, 4.69) is 5.32 Å². The summed E-state index contributed by atoms with van der Waals surface area (Å²) in [5, 5.41) is 3.00. The third-order valence-electron chi connectivity index (χ3n) is 6.11. The lowest BCUT2D eigenvalue weighted by molar-refractivity contribution is -0.128. The number of sulfonamides is 1. The van der Waals surface area contributed by atoms with Gasteiger partial charge in [0.05, 0.1) is 35.8 Å². The second-order valence-corrected chi connectivity index (χ2v) is 11.1. The molecule has 0 fully saturated rings. The van der Waals surface area contributed by atoms with Crippen LogP contribution >= 0.6 is 11.6 Å². The Bertz CT molecular complexity index is 1420. The molecule has 2 amide bonds. The van der Waals surface area contributed by atoms with Crippen molar-refractivity contribution in [2.45, 2.75) is 17.4 Å². The Morgan fingerprint density at radius 1 is 1.11 bits per heavy atom. The molecule has 0 spiro atoms. The zero-order valence-corrected chi connectivity index (χ0v) is 22.5. The van der Waals surface area contributed by atoms with E-state index in [9.17, 15) is 18.0 Å². The number of benzene rings is 3. The molecule has 1 aliphatic rings. The summed E-state index contributed by atoms with van der Waals surface area (Å²) < 4.78 is 38.2. The van der Waals surface area contributed by atoms with E-state index in [1.54, 1.807) is 24.3 Å². The number of anilines is 1. The number of hydrogen-bond donors (Lipinski definition) is 1. The molecule has 38 heavy (non-hydrogen) atoms. The fraction of sp³-hybridized carbons (Fsp3) is 0.259. The average Bonchev–Trinajstić information content (AvgIpc) is 2.92. The molecule has 4 rings (SSSR count). The fourth-order valence-corrected chi connectivity index (χ4v) is 5.51. The molecule has 1 unspecified atom stereocenters. The Labute approximate surface area is 227 Å². The summed E-state index contributed by atoms with van der Waals surface area (Å²) in [5.41, 5.74) is 1.55. The maximum atomic E-state index is 13.4. The minimum absolute atomic E-state index is 0.0602. The number of nitrogens with zero attached hydrogens (tertiary/aromatic N) is 2. The Balaban J connectivity index is 1.46. The highest BCUT2D eigenvalue weighted by Gasteiger charge is 2.35. The van der Waals surface area contributed by atoms with Crippen molar-refractivity contribution in [1.29, 1.82) is 0 Å². The van der Waals surface area contributed by atoms with Gasteiger partial charge in [-0.05, 0) is 42.3 Å². The first-order valence-corrected chi connectivity index (χ1v) is 13.7. The molecule has 9 nitrogen and oxygen atoms in total. The van der Waals surface area contributed by atoms with Crippen LogP contribution in [0.1, 0.15) is 5.56 Å². The van der Waals surface area contributed by atoms with E-state index < -0.39 is 28.6 Å². The van der Waals surface area contributed by atoms with Gasteiger partial charge in [0, 0.05) is 13.6 Å². The number of nitrogens with one attached hydrogen (secondary N) is 1. The van der Waals surface area contributed by atoms with E-state index in [1.165, 1.54) is 37.3 Å². The van der Waals surface area contributed by atoms with Crippen molar-refractivity contribution in [3.8, 4) is 11.5 Å². The van der Waals surface area contributed by atoms with Crippen LogP contribution in [-0.2, 0) is 26.0 Å². The molecule has 0 saturated carbocycles. The third-order valence-corrected chi connectivity index (χ3v) is 8.21. The number of fused-ring (bicyclic) bond motifs is 1. The van der Waals surface area contributed by atoms with Crippen molar-refractivity contribution >= 4 is 39.1 Å². The maximum Gasteiger partial charge on any atom is 0.262 e. The van der Waals surface area contributed by atoms with Gasteiger partial charge in [-0.25, -0.2) is 8.42 Å². The molecule has 0 aromatic heterocycles. The number of methoxy groups -OCH3 is 1. The minimum Gasteiger partial charge on any atom is -0.495 e. The lowest BCUT2D eigenvalue weighted by Gasteiger charge is -2.35. The van der Waals surface area contributed by atoms with E-state index >= 15 is 0 Å². The number of carbonyl (C=O) groups excluding carboxylic acids is 2. The van der Waals surface area contributed by atoms with Crippen LogP contribution in [0, 0.1) is 0 Å². The van der Waals surface area contributed by atoms with Gasteiger partial charge in [0.1, 0.15) is 11.5 Å². The molecular weight excluding hydrogens is 530 g/mol.